The van der Waals surface area contributed by atoms with E-state index < -0.39 is 47.8 Å². The molecule has 19 heavy (non-hydrogen) atoms. The molecule has 1 rings (SSSR count). The highest BCUT2D eigenvalue weighted by atomic mass is 19.4. The Morgan fingerprint density at radius 3 is 2.42 bits per heavy atom. The second-order valence-electron chi connectivity index (χ2n) is 3.40. The van der Waals surface area contributed by atoms with Crippen LogP contribution in [0.25, 0.3) is 0 Å². The van der Waals surface area contributed by atoms with E-state index in [1.165, 1.54) is 0 Å². The molecule has 0 aliphatic rings. The van der Waals surface area contributed by atoms with Crippen LogP contribution in [0.15, 0.2) is 6.07 Å². The summed E-state index contributed by atoms with van der Waals surface area (Å²) >= 11 is 0. The van der Waals surface area contributed by atoms with Gasteiger partial charge in [-0.25, -0.2) is 18.2 Å². The molecule has 0 aliphatic heterocycles. The molecular weight excluding hydrogens is 280 g/mol. The Bertz CT molecular complexity index is 486. The van der Waals surface area contributed by atoms with Crippen LogP contribution in [0.1, 0.15) is 23.4 Å². The normalized spacial score (nSPS) is 11.8. The number of esters is 1. The summed E-state index contributed by atoms with van der Waals surface area (Å²) < 4.78 is 79.7. The number of pyridine rings is 1. The van der Waals surface area contributed by atoms with E-state index in [4.69, 9.17) is 0 Å². The second kappa shape index (κ2) is 5.45. The lowest BCUT2D eigenvalue weighted by atomic mass is 10.1. The molecule has 0 spiro atoms. The fourth-order valence-corrected chi connectivity index (χ4v) is 1.27. The van der Waals surface area contributed by atoms with Crippen molar-refractivity contribution in [1.29, 1.82) is 0 Å². The number of alkyl halides is 5. The maximum absolute atomic E-state index is 13.3. The summed E-state index contributed by atoms with van der Waals surface area (Å²) in [5, 5.41) is 0. The summed E-state index contributed by atoms with van der Waals surface area (Å²) in [6.45, 7) is 0. The summed E-state index contributed by atoms with van der Waals surface area (Å²) in [5.41, 5.74) is -4.31. The van der Waals surface area contributed by atoms with E-state index in [-0.39, 0.29) is 6.07 Å². The lowest BCUT2D eigenvalue weighted by Crippen LogP contribution is -2.16. The molecule has 0 saturated heterocycles. The van der Waals surface area contributed by atoms with Gasteiger partial charge in [-0.1, -0.05) is 0 Å². The van der Waals surface area contributed by atoms with Crippen molar-refractivity contribution < 1.29 is 35.9 Å². The number of methoxy groups -OCH3 is 1. The van der Waals surface area contributed by atoms with Crippen molar-refractivity contribution >= 4 is 5.97 Å². The number of hydrogen-bond donors (Lipinski definition) is 0. The van der Waals surface area contributed by atoms with Crippen LogP contribution in [0.4, 0.5) is 26.3 Å². The molecule has 1 aromatic heterocycles. The molecule has 1 heterocycles. The summed E-state index contributed by atoms with van der Waals surface area (Å²) in [5.74, 6) is -2.51. The number of carbonyl (C=O) groups excluding carboxylic acids is 1. The number of halogens is 6. The molecule has 3 nitrogen and oxygen atoms in total. The zero-order valence-electron chi connectivity index (χ0n) is 9.39. The predicted molar refractivity (Wildman–Crippen MR) is 49.9 cm³/mol. The third kappa shape index (κ3) is 3.58. The quantitative estimate of drug-likeness (QED) is 0.634. The highest BCUT2D eigenvalue weighted by Gasteiger charge is 2.38. The van der Waals surface area contributed by atoms with Gasteiger partial charge in [-0.15, -0.1) is 0 Å². The number of ether oxygens (including phenoxy) is 1. The Hall–Kier alpha value is -1.80. The highest BCUT2D eigenvalue weighted by molar-refractivity contribution is 5.71. The first-order valence-electron chi connectivity index (χ1n) is 4.78. The fraction of sp³-hybridized carbons (Fsp3) is 0.400. The Labute approximate surface area is 103 Å². The van der Waals surface area contributed by atoms with Crippen molar-refractivity contribution in [2.75, 3.05) is 7.11 Å². The smallest absolute Gasteiger partial charge is 0.418 e. The molecule has 0 atom stereocenters. The number of aromatic nitrogens is 1. The Morgan fingerprint density at radius 2 is 2.00 bits per heavy atom. The number of nitrogens with zero attached hydrogens (tertiary/aromatic N) is 1. The maximum atomic E-state index is 13.3. The Balaban J connectivity index is 3.33. The van der Waals surface area contributed by atoms with Crippen LogP contribution in [0, 0.1) is 5.82 Å². The van der Waals surface area contributed by atoms with Gasteiger partial charge in [0.15, 0.2) is 0 Å². The average molecular weight is 287 g/mol. The van der Waals surface area contributed by atoms with Crippen LogP contribution >= 0.6 is 0 Å². The van der Waals surface area contributed by atoms with Gasteiger partial charge < -0.3 is 4.74 Å². The van der Waals surface area contributed by atoms with Crippen molar-refractivity contribution in [3.05, 3.63) is 28.8 Å². The van der Waals surface area contributed by atoms with E-state index in [2.05, 4.69) is 9.72 Å². The molecule has 0 fully saturated rings. The van der Waals surface area contributed by atoms with Crippen LogP contribution in [0.2, 0.25) is 0 Å². The first-order chi connectivity index (χ1) is 8.66. The van der Waals surface area contributed by atoms with Crippen molar-refractivity contribution in [2.45, 2.75) is 19.0 Å². The van der Waals surface area contributed by atoms with Crippen molar-refractivity contribution in [2.24, 2.45) is 0 Å². The van der Waals surface area contributed by atoms with Crippen molar-refractivity contribution in [3.8, 4) is 0 Å². The SMILES string of the molecule is COC(=O)Cc1nc(C(F)F)c(C(F)(F)F)cc1F. The summed E-state index contributed by atoms with van der Waals surface area (Å²) in [7, 11) is 0.957. The molecule has 0 amide bonds. The van der Waals surface area contributed by atoms with Gasteiger partial charge in [-0.2, -0.15) is 13.2 Å². The van der Waals surface area contributed by atoms with Crippen LogP contribution in [0.3, 0.4) is 0 Å². The van der Waals surface area contributed by atoms with E-state index in [0.29, 0.717) is 0 Å². The molecule has 0 aromatic carbocycles. The third-order valence-corrected chi connectivity index (χ3v) is 2.13. The first kappa shape index (κ1) is 15.3. The number of rotatable bonds is 3. The van der Waals surface area contributed by atoms with Gasteiger partial charge in [0, 0.05) is 0 Å². The molecule has 106 valence electrons. The summed E-state index contributed by atoms with van der Waals surface area (Å²) in [6.07, 6.45) is -9.54. The lowest BCUT2D eigenvalue weighted by Gasteiger charge is -2.13. The van der Waals surface area contributed by atoms with Crippen molar-refractivity contribution in [3.63, 3.8) is 0 Å². The molecule has 1 aromatic rings. The van der Waals surface area contributed by atoms with Crippen LogP contribution < -0.4 is 0 Å². The minimum absolute atomic E-state index is 0.104. The van der Waals surface area contributed by atoms with Gasteiger partial charge in [-0.3, -0.25) is 4.79 Å². The fourth-order valence-electron chi connectivity index (χ4n) is 1.27. The minimum Gasteiger partial charge on any atom is -0.469 e. The maximum Gasteiger partial charge on any atom is 0.418 e. The topological polar surface area (TPSA) is 39.2 Å². The zero-order valence-corrected chi connectivity index (χ0v) is 9.39. The molecule has 0 N–H and O–H groups in total. The monoisotopic (exact) mass is 287 g/mol. The van der Waals surface area contributed by atoms with Gasteiger partial charge >= 0.3 is 12.1 Å². The summed E-state index contributed by atoms with van der Waals surface area (Å²) in [4.78, 5) is 13.7. The molecule has 0 aliphatic carbocycles. The third-order valence-electron chi connectivity index (χ3n) is 2.13. The largest absolute Gasteiger partial charge is 0.469 e. The number of hydrogen-bond acceptors (Lipinski definition) is 3. The predicted octanol–water partition coefficient (Wildman–Crippen LogP) is 2.89. The van der Waals surface area contributed by atoms with Crippen LogP contribution in [-0.2, 0) is 22.1 Å². The molecule has 0 radical (unpaired) electrons. The molecule has 0 saturated carbocycles. The highest BCUT2D eigenvalue weighted by Crippen LogP contribution is 2.36. The zero-order chi connectivity index (χ0) is 14.8. The van der Waals surface area contributed by atoms with Gasteiger partial charge in [0.05, 0.1) is 24.8 Å². The minimum atomic E-state index is -5.16. The van der Waals surface area contributed by atoms with Crippen LogP contribution in [0.5, 0.6) is 0 Å². The van der Waals surface area contributed by atoms with Gasteiger partial charge in [-0.05, 0) is 6.07 Å². The lowest BCUT2D eigenvalue weighted by molar-refractivity contribution is -0.140. The number of carbonyl (C=O) groups is 1. The average Bonchev–Trinajstić information content (AvgIpc) is 2.29. The van der Waals surface area contributed by atoms with E-state index in [1.54, 1.807) is 0 Å². The summed E-state index contributed by atoms with van der Waals surface area (Å²) in [6, 6.07) is -0.104. The molecular formula is C10H7F6NO2. The van der Waals surface area contributed by atoms with Gasteiger partial charge in [0.2, 0.25) is 0 Å². The van der Waals surface area contributed by atoms with E-state index in [1.807, 2.05) is 0 Å². The standard InChI is InChI=1S/C10H7F6NO2/c1-19-7(18)3-6-5(11)2-4(10(14,15)16)8(17-6)9(12)13/h2,9H,3H2,1H3. The van der Waals surface area contributed by atoms with Crippen molar-refractivity contribution in [1.82, 2.24) is 4.98 Å². The molecule has 9 heteroatoms. The van der Waals surface area contributed by atoms with E-state index >= 15 is 0 Å². The van der Waals surface area contributed by atoms with Crippen LogP contribution in [-0.4, -0.2) is 18.1 Å². The molecule has 0 bridgehead atoms. The van der Waals surface area contributed by atoms with Gasteiger partial charge in [0.1, 0.15) is 11.5 Å². The Morgan fingerprint density at radius 1 is 1.42 bits per heavy atom. The first-order valence-corrected chi connectivity index (χ1v) is 4.78. The Kier molecular flexibility index (Phi) is 4.38. The van der Waals surface area contributed by atoms with E-state index in [0.717, 1.165) is 7.11 Å². The van der Waals surface area contributed by atoms with Gasteiger partial charge in [0.25, 0.3) is 6.43 Å². The molecule has 0 unspecified atom stereocenters. The van der Waals surface area contributed by atoms with E-state index in [9.17, 15) is 31.1 Å². The second-order valence-corrected chi connectivity index (χ2v) is 3.40.